The van der Waals surface area contributed by atoms with Gasteiger partial charge in [-0.2, -0.15) is 0 Å². The number of benzene rings is 1. The Morgan fingerprint density at radius 2 is 2.31 bits per heavy atom. The predicted molar refractivity (Wildman–Crippen MR) is 60.1 cm³/mol. The molecule has 0 saturated carbocycles. The number of rotatable bonds is 3. The smallest absolute Gasteiger partial charge is 0.207 e. The fourth-order valence-corrected chi connectivity index (χ4v) is 1.65. The third kappa shape index (κ3) is 1.86. The van der Waals surface area contributed by atoms with Gasteiger partial charge in [0.05, 0.1) is 6.57 Å². The first kappa shape index (κ1) is 10.2. The second-order valence-electron chi connectivity index (χ2n) is 3.46. The van der Waals surface area contributed by atoms with Crippen molar-refractivity contribution in [3.63, 3.8) is 0 Å². The van der Waals surface area contributed by atoms with Crippen LogP contribution in [0, 0.1) is 16.7 Å². The first-order chi connectivity index (χ1) is 7.70. The third-order valence-corrected chi connectivity index (χ3v) is 2.44. The molecule has 16 heavy (non-hydrogen) atoms. The third-order valence-electron chi connectivity index (χ3n) is 2.44. The lowest BCUT2D eigenvalue weighted by molar-refractivity contribution is -0.479. The van der Waals surface area contributed by atoms with E-state index < -0.39 is 0 Å². The standard InChI is InChI=1S/C11H9N3O2/c1-12-9-2-3-11-10(6-9)8(7-13-11)4-5-14(15)16/h2-3,6-7,13H,4-5H2. The van der Waals surface area contributed by atoms with E-state index in [1.54, 1.807) is 18.3 Å². The van der Waals surface area contributed by atoms with Gasteiger partial charge in [-0.15, -0.1) is 0 Å². The Morgan fingerprint density at radius 3 is 3.00 bits per heavy atom. The van der Waals surface area contributed by atoms with E-state index in [0.29, 0.717) is 12.1 Å². The van der Waals surface area contributed by atoms with E-state index in [4.69, 9.17) is 6.57 Å². The van der Waals surface area contributed by atoms with Crippen LogP contribution in [0.4, 0.5) is 5.69 Å². The van der Waals surface area contributed by atoms with Crippen LogP contribution in [-0.4, -0.2) is 16.5 Å². The van der Waals surface area contributed by atoms with Crippen LogP contribution < -0.4 is 0 Å². The Hall–Kier alpha value is -2.35. The highest BCUT2D eigenvalue weighted by Crippen LogP contribution is 2.24. The van der Waals surface area contributed by atoms with E-state index in [1.807, 2.05) is 6.07 Å². The first-order valence-corrected chi connectivity index (χ1v) is 4.80. The second kappa shape index (κ2) is 4.03. The average molecular weight is 215 g/mol. The molecule has 0 saturated heterocycles. The van der Waals surface area contributed by atoms with Crippen LogP contribution in [0.1, 0.15) is 5.56 Å². The van der Waals surface area contributed by atoms with Gasteiger partial charge < -0.3 is 4.98 Å². The second-order valence-corrected chi connectivity index (χ2v) is 3.46. The topological polar surface area (TPSA) is 63.3 Å². The molecule has 0 unspecified atom stereocenters. The van der Waals surface area contributed by atoms with Crippen LogP contribution in [0.25, 0.3) is 15.7 Å². The summed E-state index contributed by atoms with van der Waals surface area (Å²) in [5.74, 6) is 0. The SMILES string of the molecule is [C-]#[N+]c1ccc2[nH]cc(CC[N+](=O)[O-])c2c1. The van der Waals surface area contributed by atoms with Gasteiger partial charge >= 0.3 is 0 Å². The van der Waals surface area contributed by atoms with Crippen molar-refractivity contribution in [1.82, 2.24) is 4.98 Å². The van der Waals surface area contributed by atoms with Crippen LogP contribution in [0.2, 0.25) is 0 Å². The van der Waals surface area contributed by atoms with Crippen LogP contribution in [0.5, 0.6) is 0 Å². The van der Waals surface area contributed by atoms with Gasteiger partial charge in [0.25, 0.3) is 0 Å². The summed E-state index contributed by atoms with van der Waals surface area (Å²) in [4.78, 5) is 16.3. The molecule has 1 aromatic heterocycles. The summed E-state index contributed by atoms with van der Waals surface area (Å²) >= 11 is 0. The molecule has 0 radical (unpaired) electrons. The van der Waals surface area contributed by atoms with Crippen molar-refractivity contribution >= 4 is 16.6 Å². The minimum Gasteiger partial charge on any atom is -0.361 e. The average Bonchev–Trinajstić information content (AvgIpc) is 2.68. The van der Waals surface area contributed by atoms with Gasteiger partial charge in [0.2, 0.25) is 6.54 Å². The van der Waals surface area contributed by atoms with Gasteiger partial charge in [-0.25, -0.2) is 4.85 Å². The summed E-state index contributed by atoms with van der Waals surface area (Å²) in [5, 5.41) is 11.2. The first-order valence-electron chi connectivity index (χ1n) is 4.80. The molecule has 5 nitrogen and oxygen atoms in total. The van der Waals surface area contributed by atoms with Crippen molar-refractivity contribution in [3.8, 4) is 0 Å². The molecule has 0 atom stereocenters. The normalized spacial score (nSPS) is 10.2. The van der Waals surface area contributed by atoms with Crippen LogP contribution >= 0.6 is 0 Å². The maximum Gasteiger partial charge on any atom is 0.207 e. The predicted octanol–water partition coefficient (Wildman–Crippen LogP) is 2.54. The molecule has 0 spiro atoms. The summed E-state index contributed by atoms with van der Waals surface area (Å²) in [5.41, 5.74) is 2.34. The van der Waals surface area contributed by atoms with E-state index in [0.717, 1.165) is 16.5 Å². The fraction of sp³-hybridized carbons (Fsp3) is 0.182. The molecule has 0 aliphatic rings. The molecule has 2 aromatic rings. The van der Waals surface area contributed by atoms with Crippen molar-refractivity contribution in [1.29, 1.82) is 0 Å². The number of nitrogens with zero attached hydrogens (tertiary/aromatic N) is 2. The Labute approximate surface area is 91.7 Å². The molecular weight excluding hydrogens is 206 g/mol. The molecule has 0 fully saturated rings. The summed E-state index contributed by atoms with van der Waals surface area (Å²) < 4.78 is 0. The van der Waals surface area contributed by atoms with E-state index in [2.05, 4.69) is 9.83 Å². The quantitative estimate of drug-likeness (QED) is 0.485. The monoisotopic (exact) mass is 215 g/mol. The number of nitrogens with one attached hydrogen (secondary N) is 1. The molecule has 1 N–H and O–H groups in total. The van der Waals surface area contributed by atoms with Crippen molar-refractivity contribution < 1.29 is 4.92 Å². The number of H-pyrrole nitrogens is 1. The Morgan fingerprint density at radius 1 is 1.50 bits per heavy atom. The van der Waals surface area contributed by atoms with Crippen molar-refractivity contribution in [2.75, 3.05) is 6.54 Å². The number of aromatic amines is 1. The Kier molecular flexibility index (Phi) is 2.56. The van der Waals surface area contributed by atoms with Crippen LogP contribution in [-0.2, 0) is 6.42 Å². The molecule has 0 amide bonds. The van der Waals surface area contributed by atoms with Crippen LogP contribution in [0.15, 0.2) is 24.4 Å². The fourth-order valence-electron chi connectivity index (χ4n) is 1.65. The van der Waals surface area contributed by atoms with Crippen molar-refractivity contribution in [2.45, 2.75) is 6.42 Å². The minimum absolute atomic E-state index is 0.0881. The molecule has 1 heterocycles. The maximum atomic E-state index is 10.3. The zero-order valence-corrected chi connectivity index (χ0v) is 8.43. The highest BCUT2D eigenvalue weighted by atomic mass is 16.6. The van der Waals surface area contributed by atoms with Gasteiger partial charge in [-0.1, -0.05) is 6.07 Å². The van der Waals surface area contributed by atoms with Gasteiger partial charge in [0, 0.05) is 23.1 Å². The van der Waals surface area contributed by atoms with Gasteiger partial charge in [0.15, 0.2) is 5.69 Å². The zero-order chi connectivity index (χ0) is 11.5. The summed E-state index contributed by atoms with van der Waals surface area (Å²) in [7, 11) is 0. The number of fused-ring (bicyclic) bond motifs is 1. The number of hydrogen-bond donors (Lipinski definition) is 1. The lowest BCUT2D eigenvalue weighted by Crippen LogP contribution is -2.03. The lowest BCUT2D eigenvalue weighted by Gasteiger charge is -1.96. The van der Waals surface area contributed by atoms with E-state index >= 15 is 0 Å². The molecule has 0 aliphatic heterocycles. The van der Waals surface area contributed by atoms with E-state index in [9.17, 15) is 10.1 Å². The lowest BCUT2D eigenvalue weighted by atomic mass is 10.1. The van der Waals surface area contributed by atoms with Crippen molar-refractivity contribution in [3.05, 3.63) is 51.5 Å². The number of hydrogen-bond acceptors (Lipinski definition) is 2. The molecule has 5 heteroatoms. The van der Waals surface area contributed by atoms with Crippen molar-refractivity contribution in [2.24, 2.45) is 0 Å². The summed E-state index contributed by atoms with van der Waals surface area (Å²) in [6.07, 6.45) is 2.15. The molecule has 0 bridgehead atoms. The summed E-state index contributed by atoms with van der Waals surface area (Å²) in [6.45, 7) is 6.83. The Balaban J connectivity index is 2.39. The maximum absolute atomic E-state index is 10.3. The van der Waals surface area contributed by atoms with Crippen LogP contribution in [0.3, 0.4) is 0 Å². The highest BCUT2D eigenvalue weighted by molar-refractivity contribution is 5.86. The van der Waals surface area contributed by atoms with E-state index in [-0.39, 0.29) is 11.5 Å². The summed E-state index contributed by atoms with van der Waals surface area (Å²) in [6, 6.07) is 5.30. The molecule has 2 rings (SSSR count). The van der Waals surface area contributed by atoms with Gasteiger partial charge in [0.1, 0.15) is 0 Å². The Bertz CT molecular complexity index is 580. The molecule has 1 aromatic carbocycles. The number of nitro groups is 1. The number of aromatic nitrogens is 1. The highest BCUT2D eigenvalue weighted by Gasteiger charge is 2.07. The van der Waals surface area contributed by atoms with Gasteiger partial charge in [-0.05, 0) is 23.1 Å². The molecule has 0 aliphatic carbocycles. The van der Waals surface area contributed by atoms with E-state index in [1.165, 1.54) is 0 Å². The molecular formula is C11H9N3O2. The van der Waals surface area contributed by atoms with Gasteiger partial charge in [-0.3, -0.25) is 10.1 Å². The molecule has 80 valence electrons. The minimum atomic E-state index is -0.336. The zero-order valence-electron chi connectivity index (χ0n) is 8.43. The largest absolute Gasteiger partial charge is 0.361 e.